The predicted molar refractivity (Wildman–Crippen MR) is 73.1 cm³/mol. The number of carbonyl (C=O) groups is 1. The molecule has 0 aliphatic carbocycles. The van der Waals surface area contributed by atoms with Crippen molar-refractivity contribution >= 4 is 33.5 Å². The molecule has 2 rings (SSSR count). The molecule has 0 aromatic heterocycles. The highest BCUT2D eigenvalue weighted by atomic mass is 79.9. The fraction of sp³-hybridized carbons (Fsp3) is 0.308. The molecule has 1 aromatic rings. The van der Waals surface area contributed by atoms with E-state index in [2.05, 4.69) is 15.9 Å². The molecular formula is C13H13BrO2S. The lowest BCUT2D eigenvalue weighted by Crippen LogP contribution is -2.29. The van der Waals surface area contributed by atoms with E-state index in [9.17, 15) is 4.79 Å². The number of benzene rings is 1. The second kappa shape index (κ2) is 5.85. The smallest absolute Gasteiger partial charge is 0.184 e. The van der Waals surface area contributed by atoms with Crippen molar-refractivity contribution in [3.8, 4) is 0 Å². The maximum absolute atomic E-state index is 11.4. The lowest BCUT2D eigenvalue weighted by Gasteiger charge is -2.23. The van der Waals surface area contributed by atoms with E-state index in [4.69, 9.17) is 4.74 Å². The summed E-state index contributed by atoms with van der Waals surface area (Å²) in [7, 11) is 0. The van der Waals surface area contributed by atoms with Gasteiger partial charge in [0, 0.05) is 9.37 Å². The summed E-state index contributed by atoms with van der Waals surface area (Å²) < 4.78 is 6.76. The Bertz CT molecular complexity index is 428. The molecule has 4 heteroatoms. The third-order valence-electron chi connectivity index (χ3n) is 2.47. The fourth-order valence-electron chi connectivity index (χ4n) is 1.57. The number of ketones is 1. The van der Waals surface area contributed by atoms with E-state index in [0.29, 0.717) is 0 Å². The average Bonchev–Trinajstić information content (AvgIpc) is 2.34. The van der Waals surface area contributed by atoms with E-state index in [-0.39, 0.29) is 17.3 Å². The molecule has 1 aliphatic heterocycles. The predicted octanol–water partition coefficient (Wildman–Crippen LogP) is 3.80. The first-order valence-corrected chi connectivity index (χ1v) is 7.16. The van der Waals surface area contributed by atoms with Gasteiger partial charge in [-0.05, 0) is 42.8 Å². The van der Waals surface area contributed by atoms with E-state index in [1.54, 1.807) is 17.8 Å². The molecule has 0 unspecified atom stereocenters. The van der Waals surface area contributed by atoms with Gasteiger partial charge in [0.2, 0.25) is 0 Å². The van der Waals surface area contributed by atoms with Gasteiger partial charge in [-0.15, -0.1) is 0 Å². The average molecular weight is 314 g/mol. The van der Waals surface area contributed by atoms with Gasteiger partial charge >= 0.3 is 0 Å². The minimum atomic E-state index is -0.284. The van der Waals surface area contributed by atoms with Crippen LogP contribution < -0.4 is 0 Å². The third-order valence-corrected chi connectivity index (χ3v) is 4.04. The van der Waals surface area contributed by atoms with Crippen molar-refractivity contribution in [2.45, 2.75) is 29.8 Å². The van der Waals surface area contributed by atoms with Crippen molar-refractivity contribution in [3.63, 3.8) is 0 Å². The molecule has 1 heterocycles. The number of carbonyl (C=O) groups excluding carboxylic acids is 1. The summed E-state index contributed by atoms with van der Waals surface area (Å²) in [6, 6.07) is 8.06. The first-order valence-electron chi connectivity index (χ1n) is 5.49. The number of hydrogen-bond donors (Lipinski definition) is 0. The van der Waals surface area contributed by atoms with Crippen LogP contribution in [-0.2, 0) is 9.53 Å². The molecule has 0 fully saturated rings. The van der Waals surface area contributed by atoms with Gasteiger partial charge in [-0.2, -0.15) is 0 Å². The van der Waals surface area contributed by atoms with Crippen molar-refractivity contribution in [2.75, 3.05) is 0 Å². The van der Waals surface area contributed by atoms with Gasteiger partial charge in [0.25, 0.3) is 0 Å². The standard InChI is InChI=1S/C13H13BrO2S/c1-2-12-11(15)7-8-13(16-12)17-10-5-3-9(14)4-6-10/h3-8,12-13H,2H2,1H3/t12-,13-/m1/s1/i12+1. The van der Waals surface area contributed by atoms with E-state index in [0.717, 1.165) is 15.8 Å². The molecule has 0 spiro atoms. The van der Waals surface area contributed by atoms with Crippen LogP contribution in [0.15, 0.2) is 45.8 Å². The van der Waals surface area contributed by atoms with Crippen LogP contribution in [0.5, 0.6) is 0 Å². The summed E-state index contributed by atoms with van der Waals surface area (Å²) in [5.74, 6) is 0.0696. The van der Waals surface area contributed by atoms with Gasteiger partial charge in [-0.1, -0.05) is 34.6 Å². The van der Waals surface area contributed by atoms with Gasteiger partial charge in [0.15, 0.2) is 5.78 Å². The highest BCUT2D eigenvalue weighted by Gasteiger charge is 2.23. The SMILES string of the molecule is CC[13C@H]1O[C@H](Sc2ccc(Br)cc2)C=CC1=O. The second-order valence-corrected chi connectivity index (χ2v) is 5.82. The number of thioether (sulfide) groups is 1. The van der Waals surface area contributed by atoms with Gasteiger partial charge in [0.05, 0.1) is 0 Å². The molecular weight excluding hydrogens is 301 g/mol. The number of hydrogen-bond acceptors (Lipinski definition) is 3. The van der Waals surface area contributed by atoms with Crippen molar-refractivity contribution in [1.29, 1.82) is 0 Å². The maximum Gasteiger partial charge on any atom is 0.184 e. The molecule has 0 amide bonds. The Labute approximate surface area is 114 Å². The Morgan fingerprint density at radius 1 is 1.35 bits per heavy atom. The van der Waals surface area contributed by atoms with Crippen LogP contribution in [-0.4, -0.2) is 17.3 Å². The first kappa shape index (κ1) is 12.9. The van der Waals surface area contributed by atoms with E-state index < -0.39 is 0 Å². The van der Waals surface area contributed by atoms with E-state index in [1.807, 2.05) is 37.3 Å². The zero-order valence-corrected chi connectivity index (χ0v) is 11.8. The quantitative estimate of drug-likeness (QED) is 0.794. The molecule has 0 saturated carbocycles. The molecule has 1 aromatic carbocycles. The van der Waals surface area contributed by atoms with Crippen LogP contribution in [0.2, 0.25) is 0 Å². The van der Waals surface area contributed by atoms with Gasteiger partial charge in [-0.25, -0.2) is 0 Å². The maximum atomic E-state index is 11.4. The molecule has 0 N–H and O–H groups in total. The summed E-state index contributed by atoms with van der Waals surface area (Å²) in [6.07, 6.45) is 3.89. The lowest BCUT2D eigenvalue weighted by molar-refractivity contribution is -0.127. The largest absolute Gasteiger partial charge is 0.352 e. The molecule has 17 heavy (non-hydrogen) atoms. The van der Waals surface area contributed by atoms with E-state index >= 15 is 0 Å². The minimum absolute atomic E-state index is 0.0696. The van der Waals surface area contributed by atoms with Crippen LogP contribution in [0.4, 0.5) is 0 Å². The Morgan fingerprint density at radius 3 is 2.71 bits per heavy atom. The summed E-state index contributed by atoms with van der Waals surface area (Å²) in [6.45, 7) is 1.96. The molecule has 2 nitrogen and oxygen atoms in total. The molecule has 2 atom stereocenters. The Hall–Kier alpha value is -0.580. The summed E-state index contributed by atoms with van der Waals surface area (Å²) in [5.41, 5.74) is -0.0705. The zero-order chi connectivity index (χ0) is 12.3. The molecule has 0 saturated heterocycles. The van der Waals surface area contributed by atoms with Crippen LogP contribution in [0.1, 0.15) is 13.3 Å². The summed E-state index contributed by atoms with van der Waals surface area (Å²) in [5, 5.41) is 0. The van der Waals surface area contributed by atoms with E-state index in [1.165, 1.54) is 0 Å². The van der Waals surface area contributed by atoms with Crippen LogP contribution in [0.25, 0.3) is 0 Å². The number of rotatable bonds is 3. The number of halogens is 1. The summed E-state index contributed by atoms with van der Waals surface area (Å²) in [4.78, 5) is 12.6. The number of ether oxygens (including phenoxy) is 1. The van der Waals surface area contributed by atoms with Crippen molar-refractivity contribution in [1.82, 2.24) is 0 Å². The summed E-state index contributed by atoms with van der Waals surface area (Å²) >= 11 is 5.01. The first-order chi connectivity index (χ1) is 8.19. The monoisotopic (exact) mass is 313 g/mol. The van der Waals surface area contributed by atoms with Crippen LogP contribution in [0, 0.1) is 0 Å². The van der Waals surface area contributed by atoms with Gasteiger partial charge < -0.3 is 4.74 Å². The lowest BCUT2D eigenvalue weighted by atomic mass is 10.3. The highest BCUT2D eigenvalue weighted by molar-refractivity contribution is 9.10. The van der Waals surface area contributed by atoms with Gasteiger partial charge in [0.1, 0.15) is 11.5 Å². The Morgan fingerprint density at radius 2 is 2.06 bits per heavy atom. The Kier molecular flexibility index (Phi) is 4.42. The molecule has 1 aliphatic rings. The Balaban J connectivity index is 2.02. The van der Waals surface area contributed by atoms with Crippen molar-refractivity contribution in [3.05, 3.63) is 40.9 Å². The second-order valence-electron chi connectivity index (χ2n) is 3.73. The van der Waals surface area contributed by atoms with Crippen LogP contribution in [0.3, 0.4) is 0 Å². The normalized spacial score (nSPS) is 24.0. The van der Waals surface area contributed by atoms with Gasteiger partial charge in [-0.3, -0.25) is 4.79 Å². The molecule has 0 radical (unpaired) electrons. The zero-order valence-electron chi connectivity index (χ0n) is 9.43. The molecule has 0 bridgehead atoms. The minimum Gasteiger partial charge on any atom is -0.352 e. The fourth-order valence-corrected chi connectivity index (χ4v) is 2.74. The van der Waals surface area contributed by atoms with Crippen LogP contribution >= 0.6 is 27.7 Å². The molecule has 90 valence electrons. The third kappa shape index (κ3) is 3.44. The topological polar surface area (TPSA) is 26.3 Å². The van der Waals surface area contributed by atoms with Crippen molar-refractivity contribution < 1.29 is 9.53 Å². The van der Waals surface area contributed by atoms with Crippen molar-refractivity contribution in [2.24, 2.45) is 0 Å². The highest BCUT2D eigenvalue weighted by Crippen LogP contribution is 2.29.